The van der Waals surface area contributed by atoms with Crippen molar-refractivity contribution in [3.63, 3.8) is 0 Å². The van der Waals surface area contributed by atoms with Gasteiger partial charge in [0.1, 0.15) is 11.6 Å². The quantitative estimate of drug-likeness (QED) is 0.861. The number of carbonyl (C=O) groups excluding carboxylic acids is 1. The molecule has 3 nitrogen and oxygen atoms in total. The zero-order valence-corrected chi connectivity index (χ0v) is 11.8. The van der Waals surface area contributed by atoms with E-state index in [1.54, 1.807) is 18.4 Å². The van der Waals surface area contributed by atoms with Crippen LogP contribution in [0.3, 0.4) is 0 Å². The van der Waals surface area contributed by atoms with Crippen LogP contribution in [-0.4, -0.2) is 23.9 Å². The molecule has 1 atom stereocenters. The van der Waals surface area contributed by atoms with Crippen molar-refractivity contribution in [2.45, 2.75) is 25.2 Å². The fourth-order valence-corrected chi connectivity index (χ4v) is 2.84. The first kappa shape index (κ1) is 13.9. The van der Waals surface area contributed by atoms with Crippen molar-refractivity contribution < 1.29 is 13.6 Å². The van der Waals surface area contributed by atoms with Gasteiger partial charge in [-0.3, -0.25) is 4.79 Å². The molecule has 1 aromatic carbocycles. The van der Waals surface area contributed by atoms with Crippen molar-refractivity contribution in [3.05, 3.63) is 59.8 Å². The number of nitrogens with zero attached hydrogens (tertiary/aromatic N) is 1. The minimum absolute atomic E-state index is 0.137. The zero-order chi connectivity index (χ0) is 14.7. The van der Waals surface area contributed by atoms with Crippen LogP contribution in [0, 0.1) is 5.82 Å². The standard InChI is InChI=1S/C17H18FNO2/c18-14-7-5-13(6-8-14)15(16-4-3-11-21-16)12-17(20)19-9-1-2-10-19/h3-8,11,15H,1-2,9-10,12H2/t15-/m1/s1. The van der Waals surface area contributed by atoms with Crippen molar-refractivity contribution in [2.24, 2.45) is 0 Å². The first-order valence-corrected chi connectivity index (χ1v) is 7.30. The smallest absolute Gasteiger partial charge is 0.223 e. The van der Waals surface area contributed by atoms with Crippen LogP contribution in [0.25, 0.3) is 0 Å². The van der Waals surface area contributed by atoms with Gasteiger partial charge in [-0.2, -0.15) is 0 Å². The van der Waals surface area contributed by atoms with Crippen LogP contribution in [0.1, 0.15) is 36.5 Å². The lowest BCUT2D eigenvalue weighted by molar-refractivity contribution is -0.130. The molecule has 0 N–H and O–H groups in total. The van der Waals surface area contributed by atoms with Crippen LogP contribution in [0.2, 0.25) is 0 Å². The topological polar surface area (TPSA) is 33.5 Å². The van der Waals surface area contributed by atoms with E-state index in [0.717, 1.165) is 37.3 Å². The molecule has 4 heteroatoms. The van der Waals surface area contributed by atoms with Gasteiger partial charge < -0.3 is 9.32 Å². The number of halogens is 1. The predicted molar refractivity (Wildman–Crippen MR) is 77.4 cm³/mol. The third kappa shape index (κ3) is 3.15. The summed E-state index contributed by atoms with van der Waals surface area (Å²) < 4.78 is 18.6. The molecule has 3 rings (SSSR count). The molecule has 1 aliphatic rings. The summed E-state index contributed by atoms with van der Waals surface area (Å²) >= 11 is 0. The maximum atomic E-state index is 13.1. The Labute approximate surface area is 123 Å². The normalized spacial score (nSPS) is 16.1. The fraction of sp³-hybridized carbons (Fsp3) is 0.353. The van der Waals surface area contributed by atoms with Crippen molar-refractivity contribution in [3.8, 4) is 0 Å². The predicted octanol–water partition coefficient (Wildman–Crippen LogP) is 3.56. The number of hydrogen-bond acceptors (Lipinski definition) is 2. The molecule has 1 amide bonds. The second-order valence-electron chi connectivity index (χ2n) is 5.41. The highest BCUT2D eigenvalue weighted by molar-refractivity contribution is 5.77. The van der Waals surface area contributed by atoms with E-state index in [1.165, 1.54) is 12.1 Å². The van der Waals surface area contributed by atoms with Crippen LogP contribution in [0.5, 0.6) is 0 Å². The molecule has 1 aromatic heterocycles. The molecule has 1 saturated heterocycles. The molecule has 0 bridgehead atoms. The molecule has 2 aromatic rings. The Bertz CT molecular complexity index is 586. The third-order valence-electron chi connectivity index (χ3n) is 4.00. The fourth-order valence-electron chi connectivity index (χ4n) is 2.84. The Hall–Kier alpha value is -2.10. The number of rotatable bonds is 4. The summed E-state index contributed by atoms with van der Waals surface area (Å²) in [5, 5.41) is 0. The van der Waals surface area contributed by atoms with Crippen molar-refractivity contribution in [1.82, 2.24) is 4.90 Å². The van der Waals surface area contributed by atoms with Crippen molar-refractivity contribution in [2.75, 3.05) is 13.1 Å². The van der Waals surface area contributed by atoms with E-state index in [-0.39, 0.29) is 17.6 Å². The number of benzene rings is 1. The molecule has 0 radical (unpaired) electrons. The summed E-state index contributed by atoms with van der Waals surface area (Å²) in [7, 11) is 0. The van der Waals surface area contributed by atoms with Gasteiger partial charge in [0.2, 0.25) is 5.91 Å². The van der Waals surface area contributed by atoms with Gasteiger partial charge in [-0.05, 0) is 42.7 Å². The van der Waals surface area contributed by atoms with Gasteiger partial charge in [-0.1, -0.05) is 12.1 Å². The maximum Gasteiger partial charge on any atom is 0.223 e. The molecule has 0 unspecified atom stereocenters. The first-order valence-electron chi connectivity index (χ1n) is 7.30. The molecule has 0 spiro atoms. The summed E-state index contributed by atoms with van der Waals surface area (Å²) in [5.41, 5.74) is 0.902. The summed E-state index contributed by atoms with van der Waals surface area (Å²) in [5.74, 6) is 0.448. The van der Waals surface area contributed by atoms with Crippen LogP contribution in [0.15, 0.2) is 47.1 Å². The van der Waals surface area contributed by atoms with Gasteiger partial charge in [-0.25, -0.2) is 4.39 Å². The highest BCUT2D eigenvalue weighted by atomic mass is 19.1. The lowest BCUT2D eigenvalue weighted by Gasteiger charge is -2.20. The monoisotopic (exact) mass is 287 g/mol. The Morgan fingerprint density at radius 3 is 2.52 bits per heavy atom. The highest BCUT2D eigenvalue weighted by Gasteiger charge is 2.25. The Morgan fingerprint density at radius 1 is 1.19 bits per heavy atom. The molecule has 0 aliphatic carbocycles. The number of hydrogen-bond donors (Lipinski definition) is 0. The van der Waals surface area contributed by atoms with Gasteiger partial charge in [-0.15, -0.1) is 0 Å². The largest absolute Gasteiger partial charge is 0.469 e. The molecule has 21 heavy (non-hydrogen) atoms. The van der Waals surface area contributed by atoms with Gasteiger partial charge >= 0.3 is 0 Å². The van der Waals surface area contributed by atoms with Crippen LogP contribution >= 0.6 is 0 Å². The van der Waals surface area contributed by atoms with E-state index in [2.05, 4.69) is 0 Å². The Morgan fingerprint density at radius 2 is 1.90 bits per heavy atom. The second kappa shape index (κ2) is 6.12. The lowest BCUT2D eigenvalue weighted by Crippen LogP contribution is -2.29. The van der Waals surface area contributed by atoms with E-state index >= 15 is 0 Å². The number of furan rings is 1. The number of carbonyl (C=O) groups is 1. The van der Waals surface area contributed by atoms with Gasteiger partial charge in [0.15, 0.2) is 0 Å². The first-order chi connectivity index (χ1) is 10.2. The number of likely N-dealkylation sites (tertiary alicyclic amines) is 1. The minimum Gasteiger partial charge on any atom is -0.469 e. The molecular weight excluding hydrogens is 269 g/mol. The maximum absolute atomic E-state index is 13.1. The summed E-state index contributed by atoms with van der Waals surface area (Å²) in [6.45, 7) is 1.68. The second-order valence-corrected chi connectivity index (χ2v) is 5.41. The minimum atomic E-state index is -0.275. The van der Waals surface area contributed by atoms with Crippen LogP contribution in [-0.2, 0) is 4.79 Å². The SMILES string of the molecule is O=C(C[C@H](c1ccc(F)cc1)c1ccco1)N1CCCC1. The summed E-state index contributed by atoms with van der Waals surface area (Å²) in [4.78, 5) is 14.3. The molecule has 110 valence electrons. The number of amides is 1. The van der Waals surface area contributed by atoms with Crippen molar-refractivity contribution >= 4 is 5.91 Å². The van der Waals surface area contributed by atoms with Gasteiger partial charge in [0.25, 0.3) is 0 Å². The Kier molecular flexibility index (Phi) is 4.04. The van der Waals surface area contributed by atoms with Gasteiger partial charge in [0.05, 0.1) is 12.2 Å². The average Bonchev–Trinajstić information content (AvgIpc) is 3.19. The Balaban J connectivity index is 1.82. The molecular formula is C17H18FNO2. The van der Waals surface area contributed by atoms with Crippen LogP contribution < -0.4 is 0 Å². The lowest BCUT2D eigenvalue weighted by atomic mass is 9.92. The van der Waals surface area contributed by atoms with E-state index < -0.39 is 0 Å². The zero-order valence-electron chi connectivity index (χ0n) is 11.8. The van der Waals surface area contributed by atoms with E-state index in [9.17, 15) is 9.18 Å². The summed E-state index contributed by atoms with van der Waals surface area (Å²) in [6, 6.07) is 9.97. The van der Waals surface area contributed by atoms with Crippen molar-refractivity contribution in [1.29, 1.82) is 0 Å². The molecule has 0 saturated carbocycles. The molecule has 1 aliphatic heterocycles. The van der Waals surface area contributed by atoms with Gasteiger partial charge in [0, 0.05) is 19.5 Å². The third-order valence-corrected chi connectivity index (χ3v) is 4.00. The van der Waals surface area contributed by atoms with E-state index in [4.69, 9.17) is 4.42 Å². The average molecular weight is 287 g/mol. The van der Waals surface area contributed by atoms with E-state index in [1.807, 2.05) is 17.0 Å². The van der Waals surface area contributed by atoms with E-state index in [0.29, 0.717) is 6.42 Å². The molecule has 2 heterocycles. The summed E-state index contributed by atoms with van der Waals surface area (Å²) in [6.07, 6.45) is 4.12. The van der Waals surface area contributed by atoms with Crippen LogP contribution in [0.4, 0.5) is 4.39 Å². The highest BCUT2D eigenvalue weighted by Crippen LogP contribution is 2.29. The molecule has 1 fully saturated rings.